The van der Waals surface area contributed by atoms with Gasteiger partial charge in [-0.25, -0.2) is 15.1 Å². The molecule has 31 heavy (non-hydrogen) atoms. The molecule has 3 rings (SSSR count). The largest absolute Gasteiger partial charge is 0.479 e. The molecule has 1 aliphatic rings. The van der Waals surface area contributed by atoms with Crippen molar-refractivity contribution in [3.63, 3.8) is 0 Å². The minimum atomic E-state index is -1.53. The Kier molecular flexibility index (Phi) is 6.88. The Hall–Kier alpha value is -3.43. The number of methoxy groups -OCH3 is 1. The van der Waals surface area contributed by atoms with E-state index in [1.165, 1.54) is 14.0 Å². The molecule has 0 bridgehead atoms. The van der Waals surface area contributed by atoms with Gasteiger partial charge in [-0.2, -0.15) is 0 Å². The quantitative estimate of drug-likeness (QED) is 0.523. The summed E-state index contributed by atoms with van der Waals surface area (Å²) >= 11 is 0. The molecule has 2 amide bonds. The number of ether oxygens (including phenoxy) is 2. The Morgan fingerprint density at radius 2 is 1.61 bits per heavy atom. The van der Waals surface area contributed by atoms with Crippen LogP contribution in [0.5, 0.6) is 0 Å². The van der Waals surface area contributed by atoms with Crippen LogP contribution >= 0.6 is 0 Å². The Labute approximate surface area is 179 Å². The molecular formula is C22H24N2O7. The minimum Gasteiger partial charge on any atom is -0.479 e. The van der Waals surface area contributed by atoms with Crippen LogP contribution in [0, 0.1) is 0 Å². The van der Waals surface area contributed by atoms with Crippen molar-refractivity contribution < 1.29 is 33.8 Å². The van der Waals surface area contributed by atoms with E-state index in [0.717, 1.165) is 22.3 Å². The van der Waals surface area contributed by atoms with Gasteiger partial charge in [0, 0.05) is 13.0 Å². The van der Waals surface area contributed by atoms with Crippen molar-refractivity contribution in [2.45, 2.75) is 18.4 Å². The standard InChI is InChI=1S/C22H24N2O7/c1-22(13-29-2,20(27)24-31-12-19(25)26)23-21(28)30-11-18-16-9-5-3-7-14(16)15-8-4-6-10-17(15)18/h3-10,18H,11-13H2,1-2H3,(H,23,28)(H,24,27)(H,25,26). The van der Waals surface area contributed by atoms with Gasteiger partial charge in [0.1, 0.15) is 12.1 Å². The summed E-state index contributed by atoms with van der Waals surface area (Å²) in [4.78, 5) is 40.0. The number of carbonyl (C=O) groups is 3. The molecule has 0 radical (unpaired) electrons. The van der Waals surface area contributed by atoms with Gasteiger partial charge in [0.2, 0.25) is 0 Å². The second kappa shape index (κ2) is 9.59. The summed E-state index contributed by atoms with van der Waals surface area (Å²) in [7, 11) is 1.36. The number of alkyl carbamates (subject to hydrolysis) is 1. The number of carboxylic acid groups (broad SMARTS) is 1. The molecule has 0 heterocycles. The molecule has 0 aromatic heterocycles. The first-order valence-electron chi connectivity index (χ1n) is 9.62. The predicted octanol–water partition coefficient (Wildman–Crippen LogP) is 2.06. The molecule has 9 heteroatoms. The Morgan fingerprint density at radius 3 is 2.16 bits per heavy atom. The third-order valence-electron chi connectivity index (χ3n) is 5.02. The van der Waals surface area contributed by atoms with Gasteiger partial charge in [-0.1, -0.05) is 48.5 Å². The lowest BCUT2D eigenvalue weighted by atomic mass is 9.98. The summed E-state index contributed by atoms with van der Waals surface area (Å²) < 4.78 is 10.5. The van der Waals surface area contributed by atoms with Crippen LogP contribution in [0.25, 0.3) is 11.1 Å². The lowest BCUT2D eigenvalue weighted by molar-refractivity contribution is -0.152. The van der Waals surface area contributed by atoms with Crippen molar-refractivity contribution in [1.82, 2.24) is 10.8 Å². The molecule has 0 spiro atoms. The highest BCUT2D eigenvalue weighted by Crippen LogP contribution is 2.44. The average Bonchev–Trinajstić information content (AvgIpc) is 3.06. The summed E-state index contributed by atoms with van der Waals surface area (Å²) in [5.74, 6) is -2.15. The summed E-state index contributed by atoms with van der Waals surface area (Å²) in [5, 5.41) is 11.1. The fourth-order valence-corrected chi connectivity index (χ4v) is 3.58. The molecule has 2 aromatic carbocycles. The number of aliphatic carboxylic acids is 1. The number of carbonyl (C=O) groups excluding carboxylic acids is 2. The monoisotopic (exact) mass is 428 g/mol. The van der Waals surface area contributed by atoms with E-state index in [1.807, 2.05) is 54.0 Å². The number of rotatable bonds is 9. The average molecular weight is 428 g/mol. The highest BCUT2D eigenvalue weighted by atomic mass is 16.7. The minimum absolute atomic E-state index is 0.0834. The van der Waals surface area contributed by atoms with Crippen LogP contribution in [-0.2, 0) is 23.9 Å². The number of hydrogen-bond acceptors (Lipinski definition) is 6. The van der Waals surface area contributed by atoms with Gasteiger partial charge in [0.05, 0.1) is 6.61 Å². The van der Waals surface area contributed by atoms with Crippen LogP contribution in [0.3, 0.4) is 0 Å². The zero-order valence-corrected chi connectivity index (χ0v) is 17.2. The van der Waals surface area contributed by atoms with Crippen molar-refractivity contribution in [2.75, 3.05) is 26.9 Å². The first kappa shape index (κ1) is 22.3. The number of nitrogens with one attached hydrogen (secondary N) is 2. The van der Waals surface area contributed by atoms with E-state index in [-0.39, 0.29) is 19.1 Å². The molecule has 0 aliphatic heterocycles. The van der Waals surface area contributed by atoms with Gasteiger partial charge in [-0.15, -0.1) is 0 Å². The number of hydroxylamine groups is 1. The highest BCUT2D eigenvalue weighted by molar-refractivity contribution is 5.89. The number of benzene rings is 2. The van der Waals surface area contributed by atoms with E-state index < -0.39 is 30.1 Å². The van der Waals surface area contributed by atoms with Gasteiger partial charge in [-0.05, 0) is 29.2 Å². The van der Waals surface area contributed by atoms with E-state index >= 15 is 0 Å². The lowest BCUT2D eigenvalue weighted by Crippen LogP contribution is -2.59. The molecule has 1 atom stereocenters. The van der Waals surface area contributed by atoms with E-state index in [1.54, 1.807) is 0 Å². The van der Waals surface area contributed by atoms with Gasteiger partial charge >= 0.3 is 12.1 Å². The highest BCUT2D eigenvalue weighted by Gasteiger charge is 2.37. The normalized spacial score (nSPS) is 14.1. The molecule has 1 aliphatic carbocycles. The topological polar surface area (TPSA) is 123 Å². The Bertz CT molecular complexity index is 932. The first-order valence-corrected chi connectivity index (χ1v) is 9.62. The van der Waals surface area contributed by atoms with Gasteiger partial charge in [0.15, 0.2) is 6.61 Å². The van der Waals surface area contributed by atoms with Crippen molar-refractivity contribution in [1.29, 1.82) is 0 Å². The fraction of sp³-hybridized carbons (Fsp3) is 0.318. The van der Waals surface area contributed by atoms with Crippen LogP contribution in [-0.4, -0.2) is 55.5 Å². The van der Waals surface area contributed by atoms with Gasteiger partial charge < -0.3 is 19.9 Å². The summed E-state index contributed by atoms with van der Waals surface area (Å²) in [6.07, 6.45) is -0.810. The van der Waals surface area contributed by atoms with E-state index in [0.29, 0.717) is 0 Å². The molecule has 0 saturated heterocycles. The molecule has 1 unspecified atom stereocenters. The number of hydrogen-bond donors (Lipinski definition) is 3. The second-order valence-corrected chi connectivity index (χ2v) is 7.33. The third-order valence-corrected chi connectivity index (χ3v) is 5.02. The maximum atomic E-state index is 12.5. The molecule has 0 saturated carbocycles. The molecule has 3 N–H and O–H groups in total. The molecule has 164 valence electrons. The SMILES string of the molecule is COCC(C)(NC(=O)OCC1c2ccccc2-c2ccccc21)C(=O)NOCC(=O)O. The summed E-state index contributed by atoms with van der Waals surface area (Å²) in [5.41, 5.74) is 4.80. The van der Waals surface area contributed by atoms with Crippen molar-refractivity contribution in [3.8, 4) is 11.1 Å². The van der Waals surface area contributed by atoms with Crippen LogP contribution in [0.2, 0.25) is 0 Å². The van der Waals surface area contributed by atoms with Crippen molar-refractivity contribution >= 4 is 18.0 Å². The number of amides is 2. The van der Waals surface area contributed by atoms with E-state index in [9.17, 15) is 14.4 Å². The first-order chi connectivity index (χ1) is 14.9. The predicted molar refractivity (Wildman–Crippen MR) is 110 cm³/mol. The molecular weight excluding hydrogens is 404 g/mol. The van der Waals surface area contributed by atoms with Gasteiger partial charge in [-0.3, -0.25) is 9.63 Å². The van der Waals surface area contributed by atoms with Crippen LogP contribution in [0.15, 0.2) is 48.5 Å². The number of carboxylic acids is 1. The van der Waals surface area contributed by atoms with Crippen LogP contribution in [0.1, 0.15) is 24.0 Å². The van der Waals surface area contributed by atoms with Crippen LogP contribution < -0.4 is 10.8 Å². The summed E-state index contributed by atoms with van der Waals surface area (Å²) in [6.45, 7) is 0.594. The molecule has 0 fully saturated rings. The summed E-state index contributed by atoms with van der Waals surface area (Å²) in [6, 6.07) is 15.9. The van der Waals surface area contributed by atoms with E-state index in [4.69, 9.17) is 14.6 Å². The lowest BCUT2D eigenvalue weighted by Gasteiger charge is -2.28. The zero-order valence-electron chi connectivity index (χ0n) is 17.2. The molecule has 9 nitrogen and oxygen atoms in total. The van der Waals surface area contributed by atoms with Crippen LogP contribution in [0.4, 0.5) is 4.79 Å². The second-order valence-electron chi connectivity index (χ2n) is 7.33. The Balaban J connectivity index is 1.66. The van der Waals surface area contributed by atoms with Gasteiger partial charge in [0.25, 0.3) is 5.91 Å². The third kappa shape index (κ3) is 5.01. The fourth-order valence-electron chi connectivity index (χ4n) is 3.58. The maximum Gasteiger partial charge on any atom is 0.408 e. The van der Waals surface area contributed by atoms with E-state index in [2.05, 4.69) is 10.2 Å². The maximum absolute atomic E-state index is 12.5. The van der Waals surface area contributed by atoms with Crippen molar-refractivity contribution in [2.24, 2.45) is 0 Å². The zero-order chi connectivity index (χ0) is 22.4. The van der Waals surface area contributed by atoms with Crippen molar-refractivity contribution in [3.05, 3.63) is 59.7 Å². The smallest absolute Gasteiger partial charge is 0.408 e. The number of fused-ring (bicyclic) bond motifs is 3. The molecule has 2 aromatic rings. The Morgan fingerprint density at radius 1 is 1.03 bits per heavy atom.